The molecule has 1 saturated carbocycles. The Morgan fingerprint density at radius 1 is 1.26 bits per heavy atom. The minimum Gasteiger partial charge on any atom is -0.464 e. The Morgan fingerprint density at radius 3 is 2.74 bits per heavy atom. The van der Waals surface area contributed by atoms with E-state index in [1.54, 1.807) is 50.6 Å². The summed E-state index contributed by atoms with van der Waals surface area (Å²) >= 11 is 0. The van der Waals surface area contributed by atoms with Gasteiger partial charge in [0.15, 0.2) is 0 Å². The van der Waals surface area contributed by atoms with Crippen LogP contribution in [0.25, 0.3) is 22.2 Å². The molecule has 1 fully saturated rings. The molecule has 0 saturated heterocycles. The quantitative estimate of drug-likeness (QED) is 0.608. The van der Waals surface area contributed by atoms with Gasteiger partial charge in [-0.3, -0.25) is 9.78 Å². The Labute approximate surface area is 180 Å². The van der Waals surface area contributed by atoms with Gasteiger partial charge in [-0.05, 0) is 69.9 Å². The van der Waals surface area contributed by atoms with Crippen molar-refractivity contribution in [3.8, 4) is 11.3 Å². The molecule has 0 atom stereocenters. The van der Waals surface area contributed by atoms with Crippen LogP contribution in [0.2, 0.25) is 0 Å². The van der Waals surface area contributed by atoms with Gasteiger partial charge in [0.25, 0.3) is 5.91 Å². The van der Waals surface area contributed by atoms with Crippen LogP contribution in [0.5, 0.6) is 0 Å². The first-order valence-electron chi connectivity index (χ1n) is 10.6. The number of hydrogen-bond donors (Lipinski definition) is 2. The summed E-state index contributed by atoms with van der Waals surface area (Å²) in [5, 5.41) is 13.5. The van der Waals surface area contributed by atoms with E-state index in [4.69, 9.17) is 9.15 Å². The maximum Gasteiger partial charge on any atom is 0.251 e. The van der Waals surface area contributed by atoms with Gasteiger partial charge in [-0.25, -0.2) is 4.39 Å². The van der Waals surface area contributed by atoms with E-state index >= 15 is 0 Å². The van der Waals surface area contributed by atoms with Gasteiger partial charge in [0.1, 0.15) is 11.4 Å². The summed E-state index contributed by atoms with van der Waals surface area (Å²) in [6, 6.07) is 7.96. The van der Waals surface area contributed by atoms with Gasteiger partial charge in [-0.2, -0.15) is 0 Å². The molecule has 0 bridgehead atoms. The van der Waals surface area contributed by atoms with Gasteiger partial charge < -0.3 is 19.6 Å². The molecule has 3 aromatic rings. The van der Waals surface area contributed by atoms with Gasteiger partial charge in [0.05, 0.1) is 30.3 Å². The molecule has 0 radical (unpaired) electrons. The van der Waals surface area contributed by atoms with Gasteiger partial charge in [-0.15, -0.1) is 0 Å². The summed E-state index contributed by atoms with van der Waals surface area (Å²) in [5.41, 5.74) is 0.877. The topological polar surface area (TPSA) is 84.6 Å². The van der Waals surface area contributed by atoms with Crippen LogP contribution in [-0.4, -0.2) is 40.4 Å². The van der Waals surface area contributed by atoms with E-state index in [9.17, 15) is 14.3 Å². The standard InChI is InChI=1S/C24H27FN2O4/c1-24(2,29)14-31-17-6-4-16(5-7-17)27-23(28)15-3-8-18(20(25)13-15)22-19-10-12-30-21(19)9-11-26-22/h3,8-13,16-17,29H,4-7,14H2,1-2H3,(H,27,28). The number of hydrogen-bond acceptors (Lipinski definition) is 5. The second-order valence-electron chi connectivity index (χ2n) is 8.76. The maximum atomic E-state index is 14.9. The molecule has 164 valence electrons. The Morgan fingerprint density at radius 2 is 2.03 bits per heavy atom. The molecular formula is C24H27FN2O4. The number of carbonyl (C=O) groups is 1. The molecule has 2 N–H and O–H groups in total. The predicted octanol–water partition coefficient (Wildman–Crippen LogP) is 4.46. The van der Waals surface area contributed by atoms with Crippen LogP contribution in [0.15, 0.2) is 47.2 Å². The molecule has 4 rings (SSSR count). The van der Waals surface area contributed by atoms with Crippen molar-refractivity contribution in [2.45, 2.75) is 57.3 Å². The molecule has 1 aromatic carbocycles. The van der Waals surface area contributed by atoms with Crippen LogP contribution in [0, 0.1) is 5.82 Å². The van der Waals surface area contributed by atoms with Crippen molar-refractivity contribution in [3.05, 3.63) is 54.2 Å². The zero-order valence-corrected chi connectivity index (χ0v) is 17.7. The zero-order valence-electron chi connectivity index (χ0n) is 17.7. The highest BCUT2D eigenvalue weighted by Crippen LogP contribution is 2.30. The van der Waals surface area contributed by atoms with Crippen LogP contribution in [0.1, 0.15) is 49.9 Å². The first kappa shape index (κ1) is 21.5. The summed E-state index contributed by atoms with van der Waals surface area (Å²) in [5.74, 6) is -0.793. The molecule has 0 spiro atoms. The molecule has 6 nitrogen and oxygen atoms in total. The third-order valence-electron chi connectivity index (χ3n) is 5.55. The number of carbonyl (C=O) groups excluding carboxylic acids is 1. The van der Waals surface area contributed by atoms with Crippen molar-refractivity contribution in [1.29, 1.82) is 0 Å². The Bertz CT molecular complexity index is 1060. The first-order valence-corrected chi connectivity index (χ1v) is 10.6. The van der Waals surface area contributed by atoms with Gasteiger partial charge in [-0.1, -0.05) is 0 Å². The minimum absolute atomic E-state index is 0.0265. The minimum atomic E-state index is -0.847. The molecular weight excluding hydrogens is 399 g/mol. The van der Waals surface area contributed by atoms with Crippen LogP contribution in [0.3, 0.4) is 0 Å². The lowest BCUT2D eigenvalue weighted by molar-refractivity contribution is -0.0640. The number of amides is 1. The number of benzene rings is 1. The van der Waals surface area contributed by atoms with Gasteiger partial charge >= 0.3 is 0 Å². The van der Waals surface area contributed by atoms with Gasteiger partial charge in [0.2, 0.25) is 0 Å². The first-order chi connectivity index (χ1) is 14.8. The third kappa shape index (κ3) is 5.11. The third-order valence-corrected chi connectivity index (χ3v) is 5.55. The predicted molar refractivity (Wildman–Crippen MR) is 115 cm³/mol. The second kappa shape index (κ2) is 8.77. The summed E-state index contributed by atoms with van der Waals surface area (Å²) in [6.45, 7) is 3.73. The van der Waals surface area contributed by atoms with Crippen molar-refractivity contribution in [3.63, 3.8) is 0 Å². The highest BCUT2D eigenvalue weighted by molar-refractivity contribution is 5.96. The average molecular weight is 426 g/mol. The number of aliphatic hydroxyl groups is 1. The van der Waals surface area contributed by atoms with Crippen molar-refractivity contribution in [1.82, 2.24) is 10.3 Å². The molecule has 1 aliphatic rings. The largest absolute Gasteiger partial charge is 0.464 e. The fourth-order valence-electron chi connectivity index (χ4n) is 3.92. The summed E-state index contributed by atoms with van der Waals surface area (Å²) in [7, 11) is 0. The van der Waals surface area contributed by atoms with E-state index in [0.717, 1.165) is 31.1 Å². The van der Waals surface area contributed by atoms with Crippen molar-refractivity contribution in [2.24, 2.45) is 0 Å². The molecule has 1 amide bonds. The zero-order chi connectivity index (χ0) is 22.0. The number of nitrogens with zero attached hydrogens (tertiary/aromatic N) is 1. The monoisotopic (exact) mass is 426 g/mol. The molecule has 0 aliphatic heterocycles. The molecule has 31 heavy (non-hydrogen) atoms. The van der Waals surface area contributed by atoms with E-state index in [-0.39, 0.29) is 23.6 Å². The van der Waals surface area contributed by atoms with E-state index in [2.05, 4.69) is 10.3 Å². The normalized spacial score (nSPS) is 19.5. The summed E-state index contributed by atoms with van der Waals surface area (Å²) < 4.78 is 26.0. The molecule has 0 unspecified atom stereocenters. The van der Waals surface area contributed by atoms with E-state index in [0.29, 0.717) is 23.4 Å². The molecule has 7 heteroatoms. The summed E-state index contributed by atoms with van der Waals surface area (Å²) in [4.78, 5) is 16.9. The number of nitrogens with one attached hydrogen (secondary N) is 1. The fourth-order valence-corrected chi connectivity index (χ4v) is 3.92. The molecule has 2 aromatic heterocycles. The van der Waals surface area contributed by atoms with E-state index in [1.165, 1.54) is 6.07 Å². The number of pyridine rings is 1. The van der Waals surface area contributed by atoms with E-state index < -0.39 is 11.4 Å². The fraction of sp³-hybridized carbons (Fsp3) is 0.417. The number of ether oxygens (including phenoxy) is 1. The number of halogens is 1. The number of rotatable bonds is 6. The van der Waals surface area contributed by atoms with Crippen molar-refractivity contribution >= 4 is 16.9 Å². The number of aromatic nitrogens is 1. The summed E-state index contributed by atoms with van der Waals surface area (Å²) in [6.07, 6.45) is 6.41. The lowest BCUT2D eigenvalue weighted by atomic mass is 9.92. The Kier molecular flexibility index (Phi) is 6.07. The van der Waals surface area contributed by atoms with Crippen LogP contribution < -0.4 is 5.32 Å². The van der Waals surface area contributed by atoms with Gasteiger partial charge in [0, 0.05) is 28.8 Å². The van der Waals surface area contributed by atoms with Crippen LogP contribution in [0.4, 0.5) is 4.39 Å². The van der Waals surface area contributed by atoms with Crippen LogP contribution >= 0.6 is 0 Å². The highest BCUT2D eigenvalue weighted by atomic mass is 19.1. The SMILES string of the molecule is CC(C)(O)COC1CCC(NC(=O)c2ccc(-c3nccc4occc34)c(F)c2)CC1. The lowest BCUT2D eigenvalue weighted by Gasteiger charge is -2.30. The average Bonchev–Trinajstić information content (AvgIpc) is 3.22. The van der Waals surface area contributed by atoms with Crippen molar-refractivity contribution < 1.29 is 23.4 Å². The molecule has 2 heterocycles. The second-order valence-corrected chi connectivity index (χ2v) is 8.76. The van der Waals surface area contributed by atoms with Crippen molar-refractivity contribution in [2.75, 3.05) is 6.61 Å². The number of fused-ring (bicyclic) bond motifs is 1. The lowest BCUT2D eigenvalue weighted by Crippen LogP contribution is -2.40. The van der Waals surface area contributed by atoms with Crippen LogP contribution in [-0.2, 0) is 4.74 Å². The van der Waals surface area contributed by atoms with E-state index in [1.807, 2.05) is 0 Å². The smallest absolute Gasteiger partial charge is 0.251 e. The molecule has 1 aliphatic carbocycles. The Hall–Kier alpha value is -2.77. The Balaban J connectivity index is 1.38. The number of furan rings is 1. The highest BCUT2D eigenvalue weighted by Gasteiger charge is 2.25. The maximum absolute atomic E-state index is 14.9.